The minimum Gasteiger partial charge on any atom is -0.358 e. The van der Waals surface area contributed by atoms with Crippen LogP contribution in [0.5, 0.6) is 0 Å². The zero-order valence-electron chi connectivity index (χ0n) is 12.0. The molecule has 2 aromatic heterocycles. The van der Waals surface area contributed by atoms with Crippen molar-refractivity contribution in [3.63, 3.8) is 0 Å². The predicted molar refractivity (Wildman–Crippen MR) is 83.3 cm³/mol. The lowest BCUT2D eigenvalue weighted by Crippen LogP contribution is -2.46. The van der Waals surface area contributed by atoms with Crippen LogP contribution in [0.1, 0.15) is 26.2 Å². The van der Waals surface area contributed by atoms with Gasteiger partial charge >= 0.3 is 5.82 Å². The average Bonchev–Trinajstić information content (AvgIpc) is 3.05. The van der Waals surface area contributed by atoms with Gasteiger partial charge in [-0.25, -0.2) is 0 Å². The van der Waals surface area contributed by atoms with E-state index in [4.69, 9.17) is 0 Å². The molecule has 114 valence electrons. The first kappa shape index (κ1) is 14.3. The van der Waals surface area contributed by atoms with E-state index in [1.807, 2.05) is 5.38 Å². The molecule has 0 spiro atoms. The maximum atomic E-state index is 11.5. The van der Waals surface area contributed by atoms with E-state index in [-0.39, 0.29) is 16.8 Å². The highest BCUT2D eigenvalue weighted by Crippen LogP contribution is 2.33. The SMILES string of the molecule is CCCN(c1nc2sccn2c1[N+](=O)[O-])C1CCCNC1. The second-order valence-electron chi connectivity index (χ2n) is 5.27. The van der Waals surface area contributed by atoms with E-state index in [1.165, 1.54) is 11.3 Å². The fourth-order valence-electron chi connectivity index (χ4n) is 2.93. The van der Waals surface area contributed by atoms with Crippen LogP contribution >= 0.6 is 11.3 Å². The van der Waals surface area contributed by atoms with Gasteiger partial charge in [-0.2, -0.15) is 9.38 Å². The number of aromatic nitrogens is 2. The number of nitrogens with zero attached hydrogens (tertiary/aromatic N) is 4. The highest BCUT2D eigenvalue weighted by molar-refractivity contribution is 7.15. The molecule has 0 aromatic carbocycles. The molecular weight excluding hydrogens is 290 g/mol. The van der Waals surface area contributed by atoms with Crippen LogP contribution in [-0.4, -0.2) is 40.0 Å². The molecule has 3 rings (SSSR count). The summed E-state index contributed by atoms with van der Waals surface area (Å²) in [6, 6.07) is 0.280. The van der Waals surface area contributed by atoms with E-state index in [9.17, 15) is 10.1 Å². The van der Waals surface area contributed by atoms with E-state index in [0.717, 1.165) is 38.9 Å². The fraction of sp³-hybridized carbons (Fsp3) is 0.615. The second-order valence-corrected chi connectivity index (χ2v) is 6.14. The van der Waals surface area contributed by atoms with Crippen LogP contribution in [0.3, 0.4) is 0 Å². The van der Waals surface area contributed by atoms with Gasteiger partial charge in [0.05, 0.1) is 0 Å². The van der Waals surface area contributed by atoms with Crippen molar-refractivity contribution in [2.75, 3.05) is 24.5 Å². The van der Waals surface area contributed by atoms with Crippen molar-refractivity contribution in [2.24, 2.45) is 0 Å². The second kappa shape index (κ2) is 5.98. The Balaban J connectivity index is 2.03. The lowest BCUT2D eigenvalue weighted by molar-refractivity contribution is -0.389. The molecule has 1 unspecified atom stereocenters. The zero-order chi connectivity index (χ0) is 14.8. The van der Waals surface area contributed by atoms with Crippen LogP contribution in [0.15, 0.2) is 11.6 Å². The summed E-state index contributed by atoms with van der Waals surface area (Å²) in [4.78, 5) is 18.5. The van der Waals surface area contributed by atoms with E-state index in [0.29, 0.717) is 10.8 Å². The van der Waals surface area contributed by atoms with Crippen molar-refractivity contribution in [1.29, 1.82) is 0 Å². The molecule has 1 N–H and O–H groups in total. The van der Waals surface area contributed by atoms with Gasteiger partial charge in [-0.05, 0) is 30.7 Å². The van der Waals surface area contributed by atoms with Crippen LogP contribution in [0.2, 0.25) is 0 Å². The molecule has 7 nitrogen and oxygen atoms in total. The Labute approximate surface area is 126 Å². The summed E-state index contributed by atoms with van der Waals surface area (Å²) < 4.78 is 1.58. The maximum Gasteiger partial charge on any atom is 0.373 e. The largest absolute Gasteiger partial charge is 0.373 e. The average molecular weight is 309 g/mol. The fourth-order valence-corrected chi connectivity index (χ4v) is 3.63. The van der Waals surface area contributed by atoms with E-state index < -0.39 is 0 Å². The smallest absolute Gasteiger partial charge is 0.358 e. The lowest BCUT2D eigenvalue weighted by Gasteiger charge is -2.34. The van der Waals surface area contributed by atoms with Gasteiger partial charge in [0.2, 0.25) is 5.82 Å². The molecule has 2 aromatic rings. The molecular formula is C13H19N5O2S. The first-order valence-electron chi connectivity index (χ1n) is 7.29. The van der Waals surface area contributed by atoms with Crippen molar-refractivity contribution in [1.82, 2.24) is 14.7 Å². The molecule has 1 atom stereocenters. The van der Waals surface area contributed by atoms with E-state index >= 15 is 0 Å². The first-order chi connectivity index (χ1) is 10.2. The number of piperidine rings is 1. The molecule has 8 heteroatoms. The summed E-state index contributed by atoms with van der Waals surface area (Å²) in [5, 5.41) is 16.7. The number of anilines is 1. The molecule has 3 heterocycles. The van der Waals surface area contributed by atoms with Crippen LogP contribution in [0.25, 0.3) is 4.96 Å². The number of hydrogen-bond acceptors (Lipinski definition) is 6. The number of imidazole rings is 1. The third kappa shape index (κ3) is 2.60. The third-order valence-electron chi connectivity index (χ3n) is 3.84. The first-order valence-corrected chi connectivity index (χ1v) is 8.17. The monoisotopic (exact) mass is 309 g/mol. The van der Waals surface area contributed by atoms with Gasteiger partial charge in [0.1, 0.15) is 6.20 Å². The molecule has 0 saturated carbocycles. The number of nitro groups is 1. The number of rotatable bonds is 5. The van der Waals surface area contributed by atoms with Gasteiger partial charge in [-0.1, -0.05) is 18.3 Å². The van der Waals surface area contributed by atoms with Gasteiger partial charge in [0.15, 0.2) is 0 Å². The standard InChI is InChI=1S/C13H19N5O2S/c1-2-6-16(10-4-3-5-14-9-10)11-12(18(19)20)17-7-8-21-13(17)15-11/h7-8,10,14H,2-6,9H2,1H3. The van der Waals surface area contributed by atoms with Crippen LogP contribution in [0.4, 0.5) is 11.6 Å². The van der Waals surface area contributed by atoms with Crippen LogP contribution < -0.4 is 10.2 Å². The van der Waals surface area contributed by atoms with Crippen molar-refractivity contribution >= 4 is 27.9 Å². The molecule has 1 aliphatic heterocycles. The molecule has 1 saturated heterocycles. The quantitative estimate of drug-likeness (QED) is 0.677. The maximum absolute atomic E-state index is 11.5. The number of hydrogen-bond donors (Lipinski definition) is 1. The summed E-state index contributed by atoms with van der Waals surface area (Å²) >= 11 is 1.43. The predicted octanol–water partition coefficient (Wildman–Crippen LogP) is 2.27. The summed E-state index contributed by atoms with van der Waals surface area (Å²) in [6.07, 6.45) is 4.81. The van der Waals surface area contributed by atoms with Gasteiger partial charge in [-0.3, -0.25) is 0 Å². The minimum atomic E-state index is -0.318. The highest BCUT2D eigenvalue weighted by atomic mass is 32.1. The summed E-state index contributed by atoms with van der Waals surface area (Å²) in [5.74, 6) is 0.604. The Morgan fingerprint density at radius 3 is 3.19 bits per heavy atom. The zero-order valence-corrected chi connectivity index (χ0v) is 12.8. The molecule has 0 radical (unpaired) electrons. The molecule has 21 heavy (non-hydrogen) atoms. The molecule has 1 fully saturated rings. The van der Waals surface area contributed by atoms with E-state index in [2.05, 4.69) is 22.1 Å². The Morgan fingerprint density at radius 2 is 2.52 bits per heavy atom. The number of nitrogens with one attached hydrogen (secondary N) is 1. The molecule has 0 amide bonds. The molecule has 1 aliphatic rings. The van der Waals surface area contributed by atoms with Crippen LogP contribution in [-0.2, 0) is 0 Å². The number of thiazole rings is 1. The van der Waals surface area contributed by atoms with Crippen molar-refractivity contribution in [3.05, 3.63) is 21.7 Å². The molecule has 0 aliphatic carbocycles. The van der Waals surface area contributed by atoms with Gasteiger partial charge in [0.25, 0.3) is 4.96 Å². The normalized spacial score (nSPS) is 19.0. The van der Waals surface area contributed by atoms with Crippen molar-refractivity contribution < 1.29 is 4.92 Å². The summed E-state index contributed by atoms with van der Waals surface area (Å²) in [5.41, 5.74) is 0. The van der Waals surface area contributed by atoms with Gasteiger partial charge in [0, 0.05) is 24.5 Å². The minimum absolute atomic E-state index is 0.0882. The Kier molecular flexibility index (Phi) is 4.07. The summed E-state index contributed by atoms with van der Waals surface area (Å²) in [6.45, 7) is 4.77. The van der Waals surface area contributed by atoms with Gasteiger partial charge in [-0.15, -0.1) is 0 Å². The Hall–Kier alpha value is -1.67. The van der Waals surface area contributed by atoms with Crippen LogP contribution in [0, 0.1) is 10.1 Å². The topological polar surface area (TPSA) is 75.7 Å². The lowest BCUT2D eigenvalue weighted by atomic mass is 10.1. The van der Waals surface area contributed by atoms with E-state index in [1.54, 1.807) is 10.6 Å². The Bertz CT molecular complexity index is 632. The number of fused-ring (bicyclic) bond motifs is 1. The third-order valence-corrected chi connectivity index (χ3v) is 4.60. The van der Waals surface area contributed by atoms with Crippen molar-refractivity contribution in [3.8, 4) is 0 Å². The van der Waals surface area contributed by atoms with Crippen molar-refractivity contribution in [2.45, 2.75) is 32.2 Å². The van der Waals surface area contributed by atoms with Gasteiger partial charge < -0.3 is 20.3 Å². The molecule has 0 bridgehead atoms. The highest BCUT2D eigenvalue weighted by Gasteiger charge is 2.31. The summed E-state index contributed by atoms with van der Waals surface area (Å²) in [7, 11) is 0. The Morgan fingerprint density at radius 1 is 1.67 bits per heavy atom.